The van der Waals surface area contributed by atoms with Crippen LogP contribution in [0.15, 0.2) is 42.1 Å². The standard InChI is InChI=1S/C26H32N4O2/c1-3-23(29-7-9-30(10-8-29)24-18-32-19-24)4-2-21(1)26-25-16-20(15-22(25)5-6-27-26)17-28-11-13-31-14-12-28/h1-6,16,24H,7-15,17-19H2. The van der Waals surface area contributed by atoms with Gasteiger partial charge in [0.05, 0.1) is 38.2 Å². The lowest BCUT2D eigenvalue weighted by molar-refractivity contribution is -0.0660. The topological polar surface area (TPSA) is 41.1 Å². The van der Waals surface area contributed by atoms with Gasteiger partial charge in [-0.25, -0.2) is 0 Å². The number of hydrogen-bond donors (Lipinski definition) is 0. The number of ether oxygens (including phenoxy) is 2. The summed E-state index contributed by atoms with van der Waals surface area (Å²) in [4.78, 5) is 12.4. The molecule has 0 saturated carbocycles. The van der Waals surface area contributed by atoms with Gasteiger partial charge in [-0.1, -0.05) is 23.8 Å². The molecule has 3 saturated heterocycles. The first-order valence-electron chi connectivity index (χ1n) is 12.0. The molecule has 2 aromatic rings. The fraction of sp³-hybridized carbons (Fsp3) is 0.500. The van der Waals surface area contributed by atoms with Crippen molar-refractivity contribution in [3.63, 3.8) is 0 Å². The number of fused-ring (bicyclic) bond motifs is 1. The Bertz CT molecular complexity index is 972. The number of hydrogen-bond acceptors (Lipinski definition) is 6. The molecule has 6 nitrogen and oxygen atoms in total. The molecular weight excluding hydrogens is 400 g/mol. The molecule has 168 valence electrons. The molecule has 3 aliphatic heterocycles. The molecule has 4 heterocycles. The fourth-order valence-electron chi connectivity index (χ4n) is 5.32. The molecule has 0 radical (unpaired) electrons. The minimum Gasteiger partial charge on any atom is -0.379 e. The van der Waals surface area contributed by atoms with Gasteiger partial charge in [0.2, 0.25) is 0 Å². The second-order valence-electron chi connectivity index (χ2n) is 9.36. The van der Waals surface area contributed by atoms with Crippen LogP contribution in [0.2, 0.25) is 0 Å². The van der Waals surface area contributed by atoms with Crippen molar-refractivity contribution in [1.29, 1.82) is 0 Å². The zero-order valence-electron chi connectivity index (χ0n) is 18.7. The van der Waals surface area contributed by atoms with Gasteiger partial charge >= 0.3 is 0 Å². The zero-order chi connectivity index (χ0) is 21.3. The summed E-state index contributed by atoms with van der Waals surface area (Å²) in [5.41, 5.74) is 7.83. The van der Waals surface area contributed by atoms with Crippen LogP contribution < -0.4 is 4.90 Å². The number of benzene rings is 1. The van der Waals surface area contributed by atoms with Crippen molar-refractivity contribution in [3.05, 3.63) is 53.2 Å². The van der Waals surface area contributed by atoms with Crippen molar-refractivity contribution in [2.75, 3.05) is 77.1 Å². The summed E-state index contributed by atoms with van der Waals surface area (Å²) < 4.78 is 10.9. The Morgan fingerprint density at radius 1 is 0.875 bits per heavy atom. The van der Waals surface area contributed by atoms with Gasteiger partial charge in [0, 0.05) is 68.8 Å². The highest BCUT2D eigenvalue weighted by Gasteiger charge is 2.29. The summed E-state index contributed by atoms with van der Waals surface area (Å²) in [7, 11) is 0. The maximum atomic E-state index is 5.50. The summed E-state index contributed by atoms with van der Waals surface area (Å²) in [6.07, 6.45) is 5.39. The van der Waals surface area contributed by atoms with Crippen molar-refractivity contribution >= 4 is 11.8 Å². The molecule has 0 unspecified atom stereocenters. The average molecular weight is 433 g/mol. The number of morpholine rings is 1. The minimum absolute atomic E-state index is 0.645. The van der Waals surface area contributed by atoms with Crippen LogP contribution >= 0.6 is 0 Å². The largest absolute Gasteiger partial charge is 0.379 e. The molecule has 0 spiro atoms. The Hall–Kier alpha value is -2.25. The first-order chi connectivity index (χ1) is 15.8. The molecule has 0 atom stereocenters. The number of anilines is 1. The van der Waals surface area contributed by atoms with Gasteiger partial charge in [-0.2, -0.15) is 0 Å². The van der Waals surface area contributed by atoms with E-state index >= 15 is 0 Å². The SMILES string of the molecule is C1=C(CN2CCOCC2)Cc2ccnc(-c3ccc(N4CCN(C5COC5)CC4)cc3)c21. The van der Waals surface area contributed by atoms with Crippen molar-refractivity contribution in [2.24, 2.45) is 0 Å². The second-order valence-corrected chi connectivity index (χ2v) is 9.36. The van der Waals surface area contributed by atoms with E-state index in [0.29, 0.717) is 6.04 Å². The highest BCUT2D eigenvalue weighted by molar-refractivity contribution is 5.78. The summed E-state index contributed by atoms with van der Waals surface area (Å²) in [5, 5.41) is 0. The molecule has 4 aliphatic rings. The zero-order valence-corrected chi connectivity index (χ0v) is 18.7. The van der Waals surface area contributed by atoms with Gasteiger partial charge in [-0.05, 0) is 30.2 Å². The predicted molar refractivity (Wildman–Crippen MR) is 127 cm³/mol. The van der Waals surface area contributed by atoms with E-state index < -0.39 is 0 Å². The van der Waals surface area contributed by atoms with Gasteiger partial charge < -0.3 is 14.4 Å². The highest BCUT2D eigenvalue weighted by Crippen LogP contribution is 2.33. The Morgan fingerprint density at radius 2 is 1.66 bits per heavy atom. The number of nitrogens with zero attached hydrogens (tertiary/aromatic N) is 4. The van der Waals surface area contributed by atoms with Crippen LogP contribution in [0.3, 0.4) is 0 Å². The molecular formula is C26H32N4O2. The van der Waals surface area contributed by atoms with Crippen LogP contribution in [0.5, 0.6) is 0 Å². The van der Waals surface area contributed by atoms with E-state index in [1.165, 1.54) is 28.0 Å². The van der Waals surface area contributed by atoms with E-state index in [4.69, 9.17) is 14.5 Å². The van der Waals surface area contributed by atoms with Crippen LogP contribution in [0.25, 0.3) is 17.3 Å². The van der Waals surface area contributed by atoms with Gasteiger partial charge in [0.25, 0.3) is 0 Å². The molecule has 3 fully saturated rings. The van der Waals surface area contributed by atoms with Gasteiger partial charge in [-0.3, -0.25) is 14.8 Å². The third-order valence-corrected chi connectivity index (χ3v) is 7.33. The average Bonchev–Trinajstić information content (AvgIpc) is 3.22. The summed E-state index contributed by atoms with van der Waals surface area (Å²) in [6.45, 7) is 11.0. The molecule has 0 amide bonds. The summed E-state index contributed by atoms with van der Waals surface area (Å²) in [5.74, 6) is 0. The van der Waals surface area contributed by atoms with E-state index in [0.717, 1.165) is 84.4 Å². The molecule has 0 N–H and O–H groups in total. The maximum absolute atomic E-state index is 5.50. The maximum Gasteiger partial charge on any atom is 0.0777 e. The van der Waals surface area contributed by atoms with Crippen LogP contribution in [-0.2, 0) is 15.9 Å². The third kappa shape index (κ3) is 4.08. The first kappa shape index (κ1) is 20.4. The van der Waals surface area contributed by atoms with Crippen LogP contribution in [0, 0.1) is 0 Å². The van der Waals surface area contributed by atoms with E-state index in [1.807, 2.05) is 6.20 Å². The van der Waals surface area contributed by atoms with Crippen LogP contribution in [-0.4, -0.2) is 93.1 Å². The van der Waals surface area contributed by atoms with Crippen molar-refractivity contribution < 1.29 is 9.47 Å². The van der Waals surface area contributed by atoms with Crippen LogP contribution in [0.1, 0.15) is 11.1 Å². The summed E-state index contributed by atoms with van der Waals surface area (Å²) in [6, 6.07) is 11.9. The minimum atomic E-state index is 0.645. The Balaban J connectivity index is 1.15. The molecule has 1 aromatic heterocycles. The molecule has 32 heavy (non-hydrogen) atoms. The van der Waals surface area contributed by atoms with Crippen LogP contribution in [0.4, 0.5) is 5.69 Å². The first-order valence-corrected chi connectivity index (χ1v) is 12.0. The molecule has 1 aliphatic carbocycles. The number of piperazine rings is 1. The normalized spacial score (nSPS) is 22.5. The Kier molecular flexibility index (Phi) is 5.69. The van der Waals surface area contributed by atoms with E-state index in [2.05, 4.69) is 51.1 Å². The van der Waals surface area contributed by atoms with Crippen molar-refractivity contribution in [1.82, 2.24) is 14.8 Å². The van der Waals surface area contributed by atoms with E-state index in [9.17, 15) is 0 Å². The lowest BCUT2D eigenvalue weighted by Crippen LogP contribution is -2.56. The van der Waals surface area contributed by atoms with E-state index in [1.54, 1.807) is 0 Å². The molecule has 6 rings (SSSR count). The molecule has 6 heteroatoms. The van der Waals surface area contributed by atoms with Gasteiger partial charge in [-0.15, -0.1) is 0 Å². The number of rotatable bonds is 5. The monoisotopic (exact) mass is 432 g/mol. The third-order valence-electron chi connectivity index (χ3n) is 7.33. The lowest BCUT2D eigenvalue weighted by atomic mass is 10.0. The fourth-order valence-corrected chi connectivity index (χ4v) is 5.32. The predicted octanol–water partition coefficient (Wildman–Crippen LogP) is 2.54. The Morgan fingerprint density at radius 3 is 2.38 bits per heavy atom. The van der Waals surface area contributed by atoms with Crippen molar-refractivity contribution in [2.45, 2.75) is 12.5 Å². The Labute approximate surface area is 190 Å². The molecule has 1 aromatic carbocycles. The summed E-state index contributed by atoms with van der Waals surface area (Å²) >= 11 is 0. The van der Waals surface area contributed by atoms with Crippen molar-refractivity contribution in [3.8, 4) is 11.3 Å². The highest BCUT2D eigenvalue weighted by atomic mass is 16.5. The number of aromatic nitrogens is 1. The lowest BCUT2D eigenvalue weighted by Gasteiger charge is -2.43. The van der Waals surface area contributed by atoms with Gasteiger partial charge in [0.1, 0.15) is 0 Å². The smallest absolute Gasteiger partial charge is 0.0777 e. The second kappa shape index (κ2) is 8.94. The molecule has 0 bridgehead atoms. The quantitative estimate of drug-likeness (QED) is 0.723. The van der Waals surface area contributed by atoms with Gasteiger partial charge in [0.15, 0.2) is 0 Å². The number of pyridine rings is 1. The van der Waals surface area contributed by atoms with E-state index in [-0.39, 0.29) is 0 Å².